The monoisotopic (exact) mass is 386 g/mol. The molecule has 2 fully saturated rings. The molecule has 0 radical (unpaired) electrons. The minimum Gasteiger partial charge on any atom is -0.380 e. The van der Waals surface area contributed by atoms with Crippen LogP contribution in [0.4, 0.5) is 13.2 Å². The van der Waals surface area contributed by atoms with Crippen molar-refractivity contribution in [3.8, 4) is 0 Å². The zero-order valence-electron chi connectivity index (χ0n) is 14.4. The SMILES string of the molecule is CN=C(NCC1CCN(S(=O)(=O)C(F)(F)F)CC1)NCC1(C)COC1. The van der Waals surface area contributed by atoms with Gasteiger partial charge < -0.3 is 15.4 Å². The number of ether oxygens (including phenoxy) is 1. The van der Waals surface area contributed by atoms with Crippen molar-refractivity contribution in [2.45, 2.75) is 25.3 Å². The molecule has 0 aromatic rings. The van der Waals surface area contributed by atoms with Crippen molar-refractivity contribution in [3.05, 3.63) is 0 Å². The highest BCUT2D eigenvalue weighted by Crippen LogP contribution is 2.30. The fourth-order valence-corrected chi connectivity index (χ4v) is 3.80. The maximum atomic E-state index is 12.6. The summed E-state index contributed by atoms with van der Waals surface area (Å²) in [5.74, 6) is 0.722. The molecule has 0 aromatic carbocycles. The van der Waals surface area contributed by atoms with E-state index in [0.29, 0.717) is 42.9 Å². The Balaban J connectivity index is 1.74. The lowest BCUT2D eigenvalue weighted by molar-refractivity contribution is -0.0971. The number of rotatable bonds is 5. The first kappa shape index (κ1) is 20.2. The molecule has 2 aliphatic rings. The van der Waals surface area contributed by atoms with Crippen LogP contribution in [0.5, 0.6) is 0 Å². The third-order valence-electron chi connectivity index (χ3n) is 4.57. The van der Waals surface area contributed by atoms with Crippen LogP contribution in [0.1, 0.15) is 19.8 Å². The van der Waals surface area contributed by atoms with Crippen molar-refractivity contribution in [1.29, 1.82) is 0 Å². The number of piperidine rings is 1. The maximum absolute atomic E-state index is 12.6. The highest BCUT2D eigenvalue weighted by atomic mass is 32.2. The highest BCUT2D eigenvalue weighted by molar-refractivity contribution is 7.90. The molecule has 0 spiro atoms. The summed E-state index contributed by atoms with van der Waals surface area (Å²) in [6.07, 6.45) is 0.760. The smallest absolute Gasteiger partial charge is 0.380 e. The van der Waals surface area contributed by atoms with E-state index in [-0.39, 0.29) is 24.4 Å². The Morgan fingerprint density at radius 3 is 2.32 bits per heavy atom. The molecule has 2 heterocycles. The van der Waals surface area contributed by atoms with Crippen molar-refractivity contribution in [2.75, 3.05) is 46.4 Å². The molecule has 146 valence electrons. The van der Waals surface area contributed by atoms with Gasteiger partial charge in [0.1, 0.15) is 0 Å². The van der Waals surface area contributed by atoms with Gasteiger partial charge in [-0.05, 0) is 18.8 Å². The number of nitrogens with one attached hydrogen (secondary N) is 2. The van der Waals surface area contributed by atoms with Gasteiger partial charge in [0, 0.05) is 38.6 Å². The minimum absolute atomic E-state index is 0.0922. The molecule has 11 heteroatoms. The van der Waals surface area contributed by atoms with Crippen molar-refractivity contribution in [3.63, 3.8) is 0 Å². The zero-order valence-corrected chi connectivity index (χ0v) is 15.2. The second-order valence-electron chi connectivity index (χ2n) is 6.90. The third-order valence-corrected chi connectivity index (χ3v) is 6.20. The van der Waals surface area contributed by atoms with E-state index in [1.807, 2.05) is 0 Å². The lowest BCUT2D eigenvalue weighted by Gasteiger charge is -2.38. The summed E-state index contributed by atoms with van der Waals surface area (Å²) in [7, 11) is -3.57. The molecule has 2 rings (SSSR count). The first-order chi connectivity index (χ1) is 11.6. The van der Waals surface area contributed by atoms with Crippen molar-refractivity contribution < 1.29 is 26.3 Å². The second kappa shape index (κ2) is 7.67. The summed E-state index contributed by atoms with van der Waals surface area (Å²) in [6, 6.07) is 0. The van der Waals surface area contributed by atoms with E-state index >= 15 is 0 Å². The summed E-state index contributed by atoms with van der Waals surface area (Å²) in [5, 5.41) is 6.36. The Labute approximate surface area is 146 Å². The third kappa shape index (κ3) is 4.98. The van der Waals surface area contributed by atoms with Gasteiger partial charge in [0.25, 0.3) is 0 Å². The van der Waals surface area contributed by atoms with Crippen LogP contribution in [-0.2, 0) is 14.8 Å². The fraction of sp³-hybridized carbons (Fsp3) is 0.929. The number of hydrogen-bond donors (Lipinski definition) is 2. The number of alkyl halides is 3. The molecule has 0 aromatic heterocycles. The Kier molecular flexibility index (Phi) is 6.21. The van der Waals surface area contributed by atoms with Gasteiger partial charge in [0.05, 0.1) is 13.2 Å². The predicted octanol–water partition coefficient (Wildman–Crippen LogP) is 0.750. The molecule has 2 N–H and O–H groups in total. The topological polar surface area (TPSA) is 83.0 Å². The first-order valence-corrected chi connectivity index (χ1v) is 9.60. The van der Waals surface area contributed by atoms with Crippen LogP contribution in [0.3, 0.4) is 0 Å². The number of hydrogen-bond acceptors (Lipinski definition) is 4. The van der Waals surface area contributed by atoms with Crippen molar-refractivity contribution >= 4 is 16.0 Å². The molecule has 0 bridgehead atoms. The van der Waals surface area contributed by atoms with Gasteiger partial charge in [-0.3, -0.25) is 4.99 Å². The number of nitrogens with zero attached hydrogens (tertiary/aromatic N) is 2. The van der Waals surface area contributed by atoms with E-state index in [9.17, 15) is 21.6 Å². The lowest BCUT2D eigenvalue weighted by atomic mass is 9.89. The highest BCUT2D eigenvalue weighted by Gasteiger charge is 2.50. The molecular formula is C14H25F3N4O3S. The summed E-state index contributed by atoms with van der Waals surface area (Å²) >= 11 is 0. The molecule has 0 amide bonds. The van der Waals surface area contributed by atoms with Crippen LogP contribution in [0.15, 0.2) is 4.99 Å². The Hall–Kier alpha value is -1.07. The summed E-state index contributed by atoms with van der Waals surface area (Å²) in [6.45, 7) is 4.52. The second-order valence-corrected chi connectivity index (χ2v) is 8.83. The largest absolute Gasteiger partial charge is 0.511 e. The number of halogens is 3. The quantitative estimate of drug-likeness (QED) is 0.538. The first-order valence-electron chi connectivity index (χ1n) is 8.16. The van der Waals surface area contributed by atoms with E-state index < -0.39 is 15.5 Å². The van der Waals surface area contributed by atoms with E-state index in [2.05, 4.69) is 22.5 Å². The Morgan fingerprint density at radius 2 is 1.88 bits per heavy atom. The standard InChI is InChI=1S/C14H25F3N4O3S/c1-13(9-24-10-13)8-20-12(18-2)19-7-11-3-5-21(6-4-11)25(22,23)14(15,16)17/h11H,3-10H2,1-2H3,(H2,18,19,20). The normalized spacial score (nSPS) is 23.2. The minimum atomic E-state index is -5.23. The van der Waals surface area contributed by atoms with E-state index in [1.165, 1.54) is 0 Å². The van der Waals surface area contributed by atoms with Gasteiger partial charge >= 0.3 is 15.5 Å². The van der Waals surface area contributed by atoms with Gasteiger partial charge in [-0.2, -0.15) is 17.5 Å². The van der Waals surface area contributed by atoms with Crippen LogP contribution >= 0.6 is 0 Å². The van der Waals surface area contributed by atoms with Crippen LogP contribution < -0.4 is 10.6 Å². The molecular weight excluding hydrogens is 361 g/mol. The molecule has 0 saturated carbocycles. The van der Waals surface area contributed by atoms with E-state index in [0.717, 1.165) is 6.54 Å². The van der Waals surface area contributed by atoms with Gasteiger partial charge in [0.15, 0.2) is 5.96 Å². The number of aliphatic imine (C=N–C) groups is 1. The molecule has 0 unspecified atom stereocenters. The van der Waals surface area contributed by atoms with Crippen LogP contribution in [0, 0.1) is 11.3 Å². The lowest BCUT2D eigenvalue weighted by Crippen LogP contribution is -2.52. The molecule has 2 aliphatic heterocycles. The average Bonchev–Trinajstić information content (AvgIpc) is 2.52. The Morgan fingerprint density at radius 1 is 1.28 bits per heavy atom. The fourth-order valence-electron chi connectivity index (χ4n) is 2.81. The number of guanidine groups is 1. The molecule has 2 saturated heterocycles. The maximum Gasteiger partial charge on any atom is 0.511 e. The molecule has 0 aliphatic carbocycles. The molecule has 0 atom stereocenters. The van der Waals surface area contributed by atoms with Crippen LogP contribution in [0.2, 0.25) is 0 Å². The Bertz CT molecular complexity index is 583. The molecule has 7 nitrogen and oxygen atoms in total. The van der Waals surface area contributed by atoms with E-state index in [4.69, 9.17) is 4.74 Å². The summed E-state index contributed by atoms with van der Waals surface area (Å²) in [4.78, 5) is 4.12. The van der Waals surface area contributed by atoms with Crippen molar-refractivity contribution in [2.24, 2.45) is 16.3 Å². The van der Waals surface area contributed by atoms with Gasteiger partial charge in [0.2, 0.25) is 0 Å². The van der Waals surface area contributed by atoms with Crippen molar-refractivity contribution in [1.82, 2.24) is 14.9 Å². The van der Waals surface area contributed by atoms with Crippen LogP contribution in [0.25, 0.3) is 0 Å². The number of sulfonamides is 1. The average molecular weight is 386 g/mol. The predicted molar refractivity (Wildman–Crippen MR) is 87.6 cm³/mol. The summed E-state index contributed by atoms with van der Waals surface area (Å²) in [5.41, 5.74) is -5.14. The molecule has 25 heavy (non-hydrogen) atoms. The van der Waals surface area contributed by atoms with Gasteiger partial charge in [-0.15, -0.1) is 0 Å². The summed E-state index contributed by atoms with van der Waals surface area (Å²) < 4.78 is 66.1. The van der Waals surface area contributed by atoms with Crippen LogP contribution in [-0.4, -0.2) is 70.6 Å². The van der Waals surface area contributed by atoms with E-state index in [1.54, 1.807) is 7.05 Å². The van der Waals surface area contributed by atoms with Gasteiger partial charge in [-0.25, -0.2) is 8.42 Å². The zero-order chi connectivity index (χ0) is 18.7. The van der Waals surface area contributed by atoms with Gasteiger partial charge in [-0.1, -0.05) is 6.92 Å².